The van der Waals surface area contributed by atoms with Crippen molar-refractivity contribution < 1.29 is 4.79 Å². The van der Waals surface area contributed by atoms with Gasteiger partial charge in [0, 0.05) is 37.5 Å². The maximum Gasteiger partial charge on any atom is 0.223 e. The molecule has 0 radical (unpaired) electrons. The number of rotatable bonds is 4. The number of para-hydroxylation sites is 1. The summed E-state index contributed by atoms with van der Waals surface area (Å²) in [5.41, 5.74) is 8.89. The zero-order valence-corrected chi connectivity index (χ0v) is 12.9. The lowest BCUT2D eigenvalue weighted by Crippen LogP contribution is -2.30. The summed E-state index contributed by atoms with van der Waals surface area (Å²) < 4.78 is 1.79. The fourth-order valence-electron chi connectivity index (χ4n) is 3.17. The molecule has 3 rings (SSSR count). The standard InChI is InChI=1S/C17H22N4O/c1-20-12-14(11-19-20)16-7-4-10-21(16)17(22)9-8-13-5-2-3-6-15(13)18/h2-3,5-6,11-12,16H,4,7-10,18H2,1H3. The van der Waals surface area contributed by atoms with Crippen LogP contribution in [0.4, 0.5) is 5.69 Å². The molecule has 1 unspecified atom stereocenters. The van der Waals surface area contributed by atoms with Crippen LogP contribution >= 0.6 is 0 Å². The number of anilines is 1. The Hall–Kier alpha value is -2.30. The van der Waals surface area contributed by atoms with Gasteiger partial charge in [-0.1, -0.05) is 18.2 Å². The molecular formula is C17H22N4O. The highest BCUT2D eigenvalue weighted by Gasteiger charge is 2.30. The molecule has 1 aliphatic rings. The van der Waals surface area contributed by atoms with Gasteiger partial charge in [-0.2, -0.15) is 5.10 Å². The number of nitrogens with two attached hydrogens (primary N) is 1. The molecule has 5 heteroatoms. The summed E-state index contributed by atoms with van der Waals surface area (Å²) in [5, 5.41) is 4.22. The number of benzene rings is 1. The highest BCUT2D eigenvalue weighted by molar-refractivity contribution is 5.77. The van der Waals surface area contributed by atoms with Crippen molar-refractivity contribution in [1.29, 1.82) is 0 Å². The third kappa shape index (κ3) is 2.98. The van der Waals surface area contributed by atoms with Gasteiger partial charge in [-0.05, 0) is 30.9 Å². The van der Waals surface area contributed by atoms with Crippen molar-refractivity contribution >= 4 is 11.6 Å². The molecule has 1 amide bonds. The second-order valence-corrected chi connectivity index (χ2v) is 5.89. The topological polar surface area (TPSA) is 64.2 Å². The molecule has 22 heavy (non-hydrogen) atoms. The maximum atomic E-state index is 12.6. The first kappa shape index (κ1) is 14.6. The summed E-state index contributed by atoms with van der Waals surface area (Å²) >= 11 is 0. The lowest BCUT2D eigenvalue weighted by molar-refractivity contribution is -0.132. The Labute approximate surface area is 130 Å². The van der Waals surface area contributed by atoms with Gasteiger partial charge < -0.3 is 10.6 Å². The van der Waals surface area contributed by atoms with Gasteiger partial charge in [0.05, 0.1) is 12.2 Å². The van der Waals surface area contributed by atoms with E-state index in [4.69, 9.17) is 5.73 Å². The Kier molecular flexibility index (Phi) is 4.13. The molecule has 2 N–H and O–H groups in total. The van der Waals surface area contributed by atoms with Crippen molar-refractivity contribution in [1.82, 2.24) is 14.7 Å². The summed E-state index contributed by atoms with van der Waals surface area (Å²) in [6.07, 6.45) is 7.15. The minimum Gasteiger partial charge on any atom is -0.399 e. The van der Waals surface area contributed by atoms with Gasteiger partial charge in [-0.15, -0.1) is 0 Å². The molecule has 1 fully saturated rings. The lowest BCUT2D eigenvalue weighted by Gasteiger charge is -2.24. The van der Waals surface area contributed by atoms with E-state index in [1.165, 1.54) is 0 Å². The average Bonchev–Trinajstić information content (AvgIpc) is 3.14. The molecule has 1 aromatic carbocycles. The van der Waals surface area contributed by atoms with Crippen molar-refractivity contribution in [3.63, 3.8) is 0 Å². The van der Waals surface area contributed by atoms with Gasteiger partial charge in [0.1, 0.15) is 0 Å². The van der Waals surface area contributed by atoms with E-state index in [2.05, 4.69) is 5.10 Å². The average molecular weight is 298 g/mol. The predicted molar refractivity (Wildman–Crippen MR) is 86.1 cm³/mol. The van der Waals surface area contributed by atoms with Gasteiger partial charge in [0.15, 0.2) is 0 Å². The van der Waals surface area contributed by atoms with E-state index in [0.717, 1.165) is 36.2 Å². The van der Waals surface area contributed by atoms with Gasteiger partial charge in [0.2, 0.25) is 5.91 Å². The third-order valence-electron chi connectivity index (χ3n) is 4.35. The Morgan fingerprint density at radius 3 is 2.95 bits per heavy atom. The van der Waals surface area contributed by atoms with Crippen LogP contribution in [0, 0.1) is 0 Å². The molecular weight excluding hydrogens is 276 g/mol. The van der Waals surface area contributed by atoms with Gasteiger partial charge >= 0.3 is 0 Å². The summed E-state index contributed by atoms with van der Waals surface area (Å²) in [6.45, 7) is 0.836. The molecule has 5 nitrogen and oxygen atoms in total. The second-order valence-electron chi connectivity index (χ2n) is 5.89. The highest BCUT2D eigenvalue weighted by Crippen LogP contribution is 2.32. The van der Waals surface area contributed by atoms with Gasteiger partial charge in [-0.25, -0.2) is 0 Å². The predicted octanol–water partition coefficient (Wildman–Crippen LogP) is 2.30. The summed E-state index contributed by atoms with van der Waals surface area (Å²) in [5.74, 6) is 0.203. The Morgan fingerprint density at radius 2 is 2.23 bits per heavy atom. The van der Waals surface area contributed by atoms with E-state index in [0.29, 0.717) is 12.8 Å². The van der Waals surface area contributed by atoms with Crippen LogP contribution in [0.1, 0.15) is 36.4 Å². The number of carbonyl (C=O) groups excluding carboxylic acids is 1. The van der Waals surface area contributed by atoms with Crippen molar-refractivity contribution in [2.24, 2.45) is 7.05 Å². The molecule has 1 aliphatic heterocycles. The molecule has 0 spiro atoms. The largest absolute Gasteiger partial charge is 0.399 e. The summed E-state index contributed by atoms with van der Waals surface area (Å²) in [7, 11) is 1.91. The van der Waals surface area contributed by atoms with Gasteiger partial charge in [0.25, 0.3) is 0 Å². The fourth-order valence-corrected chi connectivity index (χ4v) is 3.17. The first-order valence-corrected chi connectivity index (χ1v) is 7.76. The molecule has 116 valence electrons. The van der Waals surface area contributed by atoms with E-state index in [-0.39, 0.29) is 11.9 Å². The minimum absolute atomic E-state index is 0.175. The quantitative estimate of drug-likeness (QED) is 0.881. The Bertz CT molecular complexity index is 664. The molecule has 2 heterocycles. The van der Waals surface area contributed by atoms with Crippen molar-refractivity contribution in [2.75, 3.05) is 12.3 Å². The van der Waals surface area contributed by atoms with Gasteiger partial charge in [-0.3, -0.25) is 9.48 Å². The van der Waals surface area contributed by atoms with E-state index in [1.807, 2.05) is 48.6 Å². The summed E-state index contributed by atoms with van der Waals surface area (Å²) in [4.78, 5) is 14.6. The van der Waals surface area contributed by atoms with Crippen LogP contribution in [0.3, 0.4) is 0 Å². The summed E-state index contributed by atoms with van der Waals surface area (Å²) in [6, 6.07) is 7.93. The second kappa shape index (κ2) is 6.22. The molecule has 1 atom stereocenters. The molecule has 0 aliphatic carbocycles. The van der Waals surface area contributed by atoms with Crippen molar-refractivity contribution in [3.05, 3.63) is 47.8 Å². The number of amides is 1. The number of aromatic nitrogens is 2. The van der Waals surface area contributed by atoms with Crippen LogP contribution in [0.25, 0.3) is 0 Å². The Balaban J connectivity index is 1.65. The van der Waals surface area contributed by atoms with Crippen LogP contribution in [0.5, 0.6) is 0 Å². The maximum absolute atomic E-state index is 12.6. The number of nitrogen functional groups attached to an aromatic ring is 1. The van der Waals surface area contributed by atoms with Crippen molar-refractivity contribution in [3.8, 4) is 0 Å². The fraction of sp³-hybridized carbons (Fsp3) is 0.412. The van der Waals surface area contributed by atoms with Crippen LogP contribution in [0.15, 0.2) is 36.7 Å². The monoisotopic (exact) mass is 298 g/mol. The number of aryl methyl sites for hydroxylation is 2. The number of hydrogen-bond acceptors (Lipinski definition) is 3. The van der Waals surface area contributed by atoms with Crippen LogP contribution in [-0.4, -0.2) is 27.1 Å². The smallest absolute Gasteiger partial charge is 0.223 e. The molecule has 0 bridgehead atoms. The van der Waals surface area contributed by atoms with Crippen LogP contribution in [0.2, 0.25) is 0 Å². The normalized spacial score (nSPS) is 17.9. The number of nitrogens with zero attached hydrogens (tertiary/aromatic N) is 3. The zero-order valence-electron chi connectivity index (χ0n) is 12.9. The zero-order chi connectivity index (χ0) is 15.5. The lowest BCUT2D eigenvalue weighted by atomic mass is 10.1. The molecule has 0 saturated carbocycles. The van der Waals surface area contributed by atoms with Crippen LogP contribution in [-0.2, 0) is 18.3 Å². The molecule has 2 aromatic rings. The minimum atomic E-state index is 0.175. The van der Waals surface area contributed by atoms with Crippen LogP contribution < -0.4 is 5.73 Å². The first-order valence-electron chi connectivity index (χ1n) is 7.76. The molecule has 1 saturated heterocycles. The molecule has 1 aromatic heterocycles. The number of likely N-dealkylation sites (tertiary alicyclic amines) is 1. The van der Waals surface area contributed by atoms with E-state index in [9.17, 15) is 4.79 Å². The van der Waals surface area contributed by atoms with E-state index >= 15 is 0 Å². The first-order chi connectivity index (χ1) is 10.6. The van der Waals surface area contributed by atoms with Crippen molar-refractivity contribution in [2.45, 2.75) is 31.7 Å². The number of hydrogen-bond donors (Lipinski definition) is 1. The SMILES string of the molecule is Cn1cc(C2CCCN2C(=O)CCc2ccccc2N)cn1. The highest BCUT2D eigenvalue weighted by atomic mass is 16.2. The Morgan fingerprint density at radius 1 is 1.41 bits per heavy atom. The third-order valence-corrected chi connectivity index (χ3v) is 4.35. The van der Waals surface area contributed by atoms with E-state index in [1.54, 1.807) is 4.68 Å². The number of carbonyl (C=O) groups is 1. The van der Waals surface area contributed by atoms with E-state index < -0.39 is 0 Å².